The molecular weight excluding hydrogens is 376 g/mol. The number of aryl methyl sites for hydroxylation is 1. The van der Waals surface area contributed by atoms with Crippen molar-refractivity contribution in [3.05, 3.63) is 56.3 Å². The van der Waals surface area contributed by atoms with Crippen LogP contribution in [0, 0.1) is 6.92 Å². The molecule has 1 aromatic carbocycles. The summed E-state index contributed by atoms with van der Waals surface area (Å²) < 4.78 is 7.58. The highest BCUT2D eigenvalue weighted by molar-refractivity contribution is 7.12. The quantitative estimate of drug-likeness (QED) is 0.492. The van der Waals surface area contributed by atoms with Gasteiger partial charge in [0.1, 0.15) is 17.3 Å². The predicted octanol–water partition coefficient (Wildman–Crippen LogP) is 3.18. The number of tetrazole rings is 1. The van der Waals surface area contributed by atoms with Crippen molar-refractivity contribution in [1.82, 2.24) is 19.8 Å². The number of carbonyl (C=O) groups excluding carboxylic acids is 1. The molecule has 0 unspecified atom stereocenters. The summed E-state index contributed by atoms with van der Waals surface area (Å²) in [6.07, 6.45) is 0. The molecule has 0 aliphatic heterocycles. The van der Waals surface area contributed by atoms with Gasteiger partial charge in [0, 0.05) is 5.02 Å². The van der Waals surface area contributed by atoms with E-state index in [0.29, 0.717) is 15.8 Å². The van der Waals surface area contributed by atoms with Gasteiger partial charge in [-0.15, -0.1) is 11.3 Å². The van der Waals surface area contributed by atoms with Crippen LogP contribution < -0.4 is 10.4 Å². The third kappa shape index (κ3) is 3.71. The van der Waals surface area contributed by atoms with Gasteiger partial charge in [-0.05, 0) is 64.0 Å². The Morgan fingerprint density at radius 1 is 1.35 bits per heavy atom. The Bertz CT molecular complexity index is 992. The van der Waals surface area contributed by atoms with Crippen molar-refractivity contribution >= 4 is 28.9 Å². The summed E-state index contributed by atoms with van der Waals surface area (Å²) in [5, 5.41) is 10.6. The Balaban J connectivity index is 1.80. The minimum absolute atomic E-state index is 0.123. The number of halogens is 1. The molecule has 0 amide bonds. The molecule has 0 saturated heterocycles. The van der Waals surface area contributed by atoms with E-state index in [0.717, 1.165) is 20.5 Å². The van der Waals surface area contributed by atoms with Gasteiger partial charge in [0.2, 0.25) is 0 Å². The molecule has 7 nitrogen and oxygen atoms in total. The largest absolute Gasteiger partial charge is 0.425 e. The fourth-order valence-corrected chi connectivity index (χ4v) is 3.23. The first-order valence-electron chi connectivity index (χ1n) is 7.94. The maximum atomic E-state index is 12.3. The first kappa shape index (κ1) is 18.3. The zero-order chi connectivity index (χ0) is 18.8. The van der Waals surface area contributed by atoms with Crippen LogP contribution in [0.3, 0.4) is 0 Å². The average Bonchev–Trinajstić information content (AvgIpc) is 3.21. The average molecular weight is 393 g/mol. The second-order valence-corrected chi connectivity index (χ2v) is 7.38. The Labute approximate surface area is 158 Å². The first-order chi connectivity index (χ1) is 12.4. The lowest BCUT2D eigenvalue weighted by Crippen LogP contribution is -2.28. The normalized spacial score (nSPS) is 11.1. The number of thiophene rings is 1. The first-order valence-corrected chi connectivity index (χ1v) is 9.20. The van der Waals surface area contributed by atoms with Crippen LogP contribution in [0.2, 0.25) is 5.02 Å². The Morgan fingerprint density at radius 2 is 2.12 bits per heavy atom. The number of aromatic nitrogens is 4. The van der Waals surface area contributed by atoms with E-state index in [2.05, 4.69) is 10.4 Å². The van der Waals surface area contributed by atoms with E-state index in [1.807, 2.05) is 26.2 Å². The van der Waals surface area contributed by atoms with E-state index in [-0.39, 0.29) is 12.5 Å². The lowest BCUT2D eigenvalue weighted by Gasteiger charge is -2.14. The highest BCUT2D eigenvalue weighted by Gasteiger charge is 2.17. The molecule has 2 heterocycles. The van der Waals surface area contributed by atoms with Crippen LogP contribution in [-0.2, 0) is 11.3 Å². The molecule has 136 valence electrons. The van der Waals surface area contributed by atoms with Gasteiger partial charge >= 0.3 is 11.7 Å². The maximum absolute atomic E-state index is 12.3. The number of nitrogens with zero attached hydrogens (tertiary/aromatic N) is 4. The van der Waals surface area contributed by atoms with Gasteiger partial charge in [0.05, 0.1) is 0 Å². The molecular formula is C17H17ClN4O3S. The van der Waals surface area contributed by atoms with E-state index in [9.17, 15) is 9.59 Å². The monoisotopic (exact) mass is 392 g/mol. The molecule has 0 atom stereocenters. The number of esters is 1. The van der Waals surface area contributed by atoms with Crippen LogP contribution >= 0.6 is 22.9 Å². The second kappa shape index (κ2) is 7.43. The summed E-state index contributed by atoms with van der Waals surface area (Å²) in [6, 6.07) is 7.06. The van der Waals surface area contributed by atoms with Crippen LogP contribution in [0.5, 0.6) is 5.75 Å². The molecule has 0 saturated carbocycles. The van der Waals surface area contributed by atoms with Crippen LogP contribution in [-0.4, -0.2) is 25.8 Å². The molecule has 0 spiro atoms. The van der Waals surface area contributed by atoms with Gasteiger partial charge in [-0.25, -0.2) is 9.59 Å². The topological polar surface area (TPSA) is 79.0 Å². The van der Waals surface area contributed by atoms with Gasteiger partial charge < -0.3 is 4.74 Å². The van der Waals surface area contributed by atoms with Gasteiger partial charge in [-0.2, -0.15) is 9.36 Å². The molecule has 2 aromatic heterocycles. The summed E-state index contributed by atoms with van der Waals surface area (Å²) in [5.41, 5.74) is 1.13. The third-order valence-corrected chi connectivity index (χ3v) is 5.02. The summed E-state index contributed by atoms with van der Waals surface area (Å²) in [4.78, 5) is 24.6. The van der Waals surface area contributed by atoms with E-state index < -0.39 is 11.7 Å². The van der Waals surface area contributed by atoms with Crippen molar-refractivity contribution in [2.45, 2.75) is 33.2 Å². The number of ether oxygens (including phenoxy) is 1. The van der Waals surface area contributed by atoms with Crippen LogP contribution in [0.15, 0.2) is 34.4 Å². The number of hydrogen-bond donors (Lipinski definition) is 0. The molecule has 26 heavy (non-hydrogen) atoms. The summed E-state index contributed by atoms with van der Waals surface area (Å²) in [7, 11) is 0. The maximum Gasteiger partial charge on any atom is 0.369 e. The molecule has 3 aromatic rings. The summed E-state index contributed by atoms with van der Waals surface area (Å²) in [6.45, 7) is 5.47. The summed E-state index contributed by atoms with van der Waals surface area (Å²) >= 11 is 7.51. The fraction of sp³-hybridized carbons (Fsp3) is 0.294. The van der Waals surface area contributed by atoms with Crippen molar-refractivity contribution in [2.24, 2.45) is 0 Å². The summed E-state index contributed by atoms with van der Waals surface area (Å²) in [5.74, 6) is -0.0436. The Hall–Kier alpha value is -2.45. The molecule has 0 N–H and O–H groups in total. The number of hydrogen-bond acceptors (Lipinski definition) is 6. The smallest absolute Gasteiger partial charge is 0.369 e. The Kier molecular flexibility index (Phi) is 5.24. The Morgan fingerprint density at radius 3 is 2.77 bits per heavy atom. The van der Waals surface area contributed by atoms with Crippen molar-refractivity contribution in [3.63, 3.8) is 0 Å². The third-order valence-electron chi connectivity index (χ3n) is 3.77. The highest BCUT2D eigenvalue weighted by Crippen LogP contribution is 2.32. The molecule has 0 radical (unpaired) electrons. The van der Waals surface area contributed by atoms with Crippen molar-refractivity contribution in [3.8, 4) is 10.8 Å². The van der Waals surface area contributed by atoms with Gasteiger partial charge in [-0.3, -0.25) is 0 Å². The lowest BCUT2D eigenvalue weighted by molar-refractivity contribution is -0.135. The minimum atomic E-state index is -0.603. The molecule has 3 rings (SSSR count). The van der Waals surface area contributed by atoms with Gasteiger partial charge in [0.25, 0.3) is 0 Å². The van der Waals surface area contributed by atoms with Crippen LogP contribution in [0.4, 0.5) is 0 Å². The second-order valence-electron chi connectivity index (χ2n) is 6.05. The van der Waals surface area contributed by atoms with Crippen LogP contribution in [0.1, 0.15) is 30.9 Å². The van der Waals surface area contributed by atoms with Crippen molar-refractivity contribution in [2.75, 3.05) is 0 Å². The standard InChI is InChI=1S/C17H17ClN4O3S/c1-10(2)12-8-13(18)11(3)7-14(12)25-16(23)9-21-17(24)22(20-19-21)15-5-4-6-26-15/h4-8,10H,9H2,1-3H3. The van der Waals surface area contributed by atoms with Gasteiger partial charge in [0.15, 0.2) is 0 Å². The zero-order valence-electron chi connectivity index (χ0n) is 14.5. The number of carbonyl (C=O) groups is 1. The fourth-order valence-electron chi connectivity index (χ4n) is 2.39. The number of rotatable bonds is 5. The predicted molar refractivity (Wildman–Crippen MR) is 99.4 cm³/mol. The molecule has 0 aliphatic rings. The SMILES string of the molecule is Cc1cc(OC(=O)Cn2nnn(-c3cccs3)c2=O)c(C(C)C)cc1Cl. The molecule has 0 aliphatic carbocycles. The number of benzene rings is 1. The zero-order valence-corrected chi connectivity index (χ0v) is 16.0. The van der Waals surface area contributed by atoms with Crippen molar-refractivity contribution in [1.29, 1.82) is 0 Å². The molecule has 9 heteroatoms. The molecule has 0 bridgehead atoms. The minimum Gasteiger partial charge on any atom is -0.425 e. The van der Waals surface area contributed by atoms with E-state index in [1.54, 1.807) is 24.3 Å². The highest BCUT2D eigenvalue weighted by atomic mass is 35.5. The van der Waals surface area contributed by atoms with Crippen LogP contribution in [0.25, 0.3) is 5.00 Å². The van der Waals surface area contributed by atoms with E-state index in [1.165, 1.54) is 11.3 Å². The van der Waals surface area contributed by atoms with E-state index in [4.69, 9.17) is 16.3 Å². The lowest BCUT2D eigenvalue weighted by atomic mass is 10.0. The van der Waals surface area contributed by atoms with Crippen molar-refractivity contribution < 1.29 is 9.53 Å². The van der Waals surface area contributed by atoms with E-state index >= 15 is 0 Å². The molecule has 0 fully saturated rings. The van der Waals surface area contributed by atoms with Gasteiger partial charge in [-0.1, -0.05) is 25.4 Å².